The van der Waals surface area contributed by atoms with E-state index in [1.165, 1.54) is 0 Å². The van der Waals surface area contributed by atoms with Crippen molar-refractivity contribution in [1.82, 2.24) is 24.0 Å². The van der Waals surface area contributed by atoms with E-state index in [-0.39, 0.29) is 30.6 Å². The van der Waals surface area contributed by atoms with E-state index in [0.717, 1.165) is 30.6 Å². The van der Waals surface area contributed by atoms with Crippen LogP contribution in [0.4, 0.5) is 13.2 Å². The van der Waals surface area contributed by atoms with Gasteiger partial charge in [-0.1, -0.05) is 0 Å². The van der Waals surface area contributed by atoms with Gasteiger partial charge in [0.25, 0.3) is 5.91 Å². The lowest BCUT2D eigenvalue weighted by atomic mass is 10.2. The molecule has 1 fully saturated rings. The van der Waals surface area contributed by atoms with Crippen molar-refractivity contribution in [2.75, 3.05) is 6.54 Å². The van der Waals surface area contributed by atoms with Crippen LogP contribution in [0.5, 0.6) is 0 Å². The first-order valence-electron chi connectivity index (χ1n) is 8.36. The number of rotatable bonds is 5. The van der Waals surface area contributed by atoms with Crippen LogP contribution >= 0.6 is 11.7 Å². The number of carbonyl (C=O) groups is 1. The second kappa shape index (κ2) is 6.84. The van der Waals surface area contributed by atoms with Crippen molar-refractivity contribution in [3.8, 4) is 0 Å². The van der Waals surface area contributed by atoms with Gasteiger partial charge in [0.1, 0.15) is 22.6 Å². The molecule has 0 radical (unpaired) electrons. The number of halogens is 3. The van der Waals surface area contributed by atoms with Gasteiger partial charge in [-0.3, -0.25) is 4.79 Å². The van der Waals surface area contributed by atoms with Gasteiger partial charge in [-0.25, -0.2) is 9.97 Å². The van der Waals surface area contributed by atoms with Crippen molar-refractivity contribution < 1.29 is 18.0 Å². The summed E-state index contributed by atoms with van der Waals surface area (Å²) in [7, 11) is 0. The molecule has 27 heavy (non-hydrogen) atoms. The number of fused-ring (bicyclic) bond motifs is 1. The topological polar surface area (TPSA) is 80.7 Å². The zero-order chi connectivity index (χ0) is 19.0. The van der Waals surface area contributed by atoms with Crippen LogP contribution in [-0.2, 0) is 12.6 Å². The van der Waals surface area contributed by atoms with Crippen LogP contribution < -0.4 is 5.32 Å². The summed E-state index contributed by atoms with van der Waals surface area (Å²) in [5, 5.41) is 2.68. The van der Waals surface area contributed by atoms with Gasteiger partial charge in [0.15, 0.2) is 0 Å². The molecule has 1 aromatic carbocycles. The molecule has 0 aliphatic heterocycles. The summed E-state index contributed by atoms with van der Waals surface area (Å²) in [4.78, 5) is 20.1. The van der Waals surface area contributed by atoms with E-state index in [0.29, 0.717) is 22.3 Å². The number of hydrogen-bond acceptors (Lipinski definition) is 6. The van der Waals surface area contributed by atoms with Crippen LogP contribution in [0.2, 0.25) is 0 Å². The van der Waals surface area contributed by atoms with Crippen LogP contribution in [0.1, 0.15) is 46.3 Å². The van der Waals surface area contributed by atoms with Crippen LogP contribution in [0.15, 0.2) is 24.3 Å². The van der Waals surface area contributed by atoms with Crippen LogP contribution in [-0.4, -0.2) is 31.2 Å². The van der Waals surface area contributed by atoms with Gasteiger partial charge < -0.3 is 5.32 Å². The molecule has 2 heterocycles. The fourth-order valence-electron chi connectivity index (χ4n) is 2.68. The average molecular weight is 393 g/mol. The van der Waals surface area contributed by atoms with Crippen molar-refractivity contribution in [2.24, 2.45) is 0 Å². The molecule has 2 aromatic heterocycles. The fourth-order valence-corrected chi connectivity index (χ4v) is 3.19. The highest BCUT2D eigenvalue weighted by molar-refractivity contribution is 7.00. The maximum absolute atomic E-state index is 13.0. The summed E-state index contributed by atoms with van der Waals surface area (Å²) in [6.45, 7) is 0.137. The molecule has 6 nitrogen and oxygen atoms in total. The predicted molar refractivity (Wildman–Crippen MR) is 92.5 cm³/mol. The van der Waals surface area contributed by atoms with E-state index in [4.69, 9.17) is 0 Å². The number of nitrogens with zero attached hydrogens (tertiary/aromatic N) is 4. The Morgan fingerprint density at radius 3 is 2.67 bits per heavy atom. The quantitative estimate of drug-likeness (QED) is 0.719. The van der Waals surface area contributed by atoms with Gasteiger partial charge in [-0.05, 0) is 37.1 Å². The zero-order valence-electron chi connectivity index (χ0n) is 14.0. The van der Waals surface area contributed by atoms with Gasteiger partial charge in [0, 0.05) is 30.1 Å². The summed E-state index contributed by atoms with van der Waals surface area (Å²) in [6.07, 6.45) is -2.70. The lowest BCUT2D eigenvalue weighted by Crippen LogP contribution is -2.26. The molecule has 4 rings (SSSR count). The molecule has 1 amide bonds. The number of hydrogen-bond donors (Lipinski definition) is 1. The van der Waals surface area contributed by atoms with Crippen LogP contribution in [0, 0.1) is 0 Å². The summed E-state index contributed by atoms with van der Waals surface area (Å²) in [6, 6.07) is 5.98. The third-order valence-corrected chi connectivity index (χ3v) is 4.79. The molecule has 0 saturated heterocycles. The Balaban J connectivity index is 1.43. The second-order valence-corrected chi connectivity index (χ2v) is 6.87. The maximum atomic E-state index is 13.0. The molecule has 3 aromatic rings. The summed E-state index contributed by atoms with van der Waals surface area (Å²) in [5.41, 5.74) is 1.26. The summed E-state index contributed by atoms with van der Waals surface area (Å²) < 4.78 is 47.2. The number of alkyl halides is 3. The Bertz CT molecular complexity index is 1000. The van der Waals surface area contributed by atoms with Gasteiger partial charge in [-0.2, -0.15) is 21.9 Å². The molecule has 1 aliphatic carbocycles. The van der Waals surface area contributed by atoms with Crippen molar-refractivity contribution >= 4 is 28.7 Å². The second-order valence-electron chi connectivity index (χ2n) is 6.34. The molecule has 10 heteroatoms. The van der Waals surface area contributed by atoms with Gasteiger partial charge in [0.05, 0.1) is 11.7 Å². The Labute approximate surface area is 156 Å². The minimum Gasteiger partial charge on any atom is -0.352 e. The maximum Gasteiger partial charge on any atom is 0.433 e. The Hall–Kier alpha value is -2.62. The molecule has 0 atom stereocenters. The first kappa shape index (κ1) is 17.8. The SMILES string of the molecule is O=C(NCCc1nc(C2CC2)cc(C(F)(F)F)n1)c1ccc2nsnc2c1. The van der Waals surface area contributed by atoms with E-state index in [2.05, 4.69) is 24.0 Å². The molecule has 1 aliphatic rings. The summed E-state index contributed by atoms with van der Waals surface area (Å²) >= 11 is 1.06. The smallest absolute Gasteiger partial charge is 0.352 e. The number of carbonyl (C=O) groups excluding carboxylic acids is 1. The molecular weight excluding hydrogens is 379 g/mol. The Morgan fingerprint density at radius 2 is 1.93 bits per heavy atom. The van der Waals surface area contributed by atoms with Crippen molar-refractivity contribution in [2.45, 2.75) is 31.4 Å². The van der Waals surface area contributed by atoms with Crippen LogP contribution in [0.25, 0.3) is 11.0 Å². The number of aromatic nitrogens is 4. The molecule has 0 unspecified atom stereocenters. The Kier molecular flexibility index (Phi) is 4.50. The normalized spacial score (nSPS) is 14.5. The molecule has 140 valence electrons. The lowest BCUT2D eigenvalue weighted by Gasteiger charge is -2.10. The van der Waals surface area contributed by atoms with E-state index >= 15 is 0 Å². The first-order valence-corrected chi connectivity index (χ1v) is 9.09. The minimum atomic E-state index is -4.51. The van der Waals surface area contributed by atoms with E-state index < -0.39 is 11.9 Å². The van der Waals surface area contributed by atoms with Gasteiger partial charge >= 0.3 is 6.18 Å². The molecular formula is C17H14F3N5OS. The van der Waals surface area contributed by atoms with Crippen LogP contribution in [0.3, 0.4) is 0 Å². The van der Waals surface area contributed by atoms with Gasteiger partial charge in [-0.15, -0.1) is 0 Å². The van der Waals surface area contributed by atoms with E-state index in [1.54, 1.807) is 18.2 Å². The largest absolute Gasteiger partial charge is 0.433 e. The first-order chi connectivity index (χ1) is 12.9. The molecule has 1 N–H and O–H groups in total. The average Bonchev–Trinajstić information content (AvgIpc) is 3.38. The van der Waals surface area contributed by atoms with Crippen molar-refractivity contribution in [3.63, 3.8) is 0 Å². The molecule has 0 bridgehead atoms. The standard InChI is InChI=1S/C17H14F3N5OS/c18-17(19,20)14-8-12(9-1-2-9)22-15(23-14)5-6-21-16(26)10-3-4-11-13(7-10)25-27-24-11/h3-4,7-9H,1-2,5-6H2,(H,21,26). The highest BCUT2D eigenvalue weighted by Gasteiger charge is 2.35. The van der Waals surface area contributed by atoms with E-state index in [1.807, 2.05) is 0 Å². The number of nitrogens with one attached hydrogen (secondary N) is 1. The third kappa shape index (κ3) is 4.05. The lowest BCUT2D eigenvalue weighted by molar-refractivity contribution is -0.141. The monoisotopic (exact) mass is 393 g/mol. The highest BCUT2D eigenvalue weighted by Crippen LogP contribution is 2.40. The number of amides is 1. The van der Waals surface area contributed by atoms with Crippen molar-refractivity contribution in [1.29, 1.82) is 0 Å². The van der Waals surface area contributed by atoms with Gasteiger partial charge in [0.2, 0.25) is 0 Å². The van der Waals surface area contributed by atoms with E-state index in [9.17, 15) is 18.0 Å². The van der Waals surface area contributed by atoms with Crippen molar-refractivity contribution in [3.05, 3.63) is 47.0 Å². The third-order valence-electron chi connectivity index (χ3n) is 4.23. The number of benzene rings is 1. The molecule has 1 saturated carbocycles. The zero-order valence-corrected chi connectivity index (χ0v) is 14.8. The highest BCUT2D eigenvalue weighted by atomic mass is 32.1. The predicted octanol–water partition coefficient (Wildman–Crippen LogP) is 3.35. The Morgan fingerprint density at radius 1 is 1.15 bits per heavy atom. The summed E-state index contributed by atoms with van der Waals surface area (Å²) in [5.74, 6) is -0.161. The molecule has 0 spiro atoms. The fraction of sp³-hybridized carbons (Fsp3) is 0.353. The minimum absolute atomic E-state index is 0.0842.